The van der Waals surface area contributed by atoms with E-state index in [4.69, 9.17) is 16.0 Å². The normalized spacial score (nSPS) is 12.7. The number of benzene rings is 1. The number of aromatic nitrogens is 1. The molecule has 21 heavy (non-hydrogen) atoms. The first-order chi connectivity index (χ1) is 10.2. The zero-order valence-electron chi connectivity index (χ0n) is 11.4. The van der Waals surface area contributed by atoms with Gasteiger partial charge in [-0.2, -0.15) is 0 Å². The Morgan fingerprint density at radius 1 is 1.29 bits per heavy atom. The summed E-state index contributed by atoms with van der Waals surface area (Å²) in [4.78, 5) is 4.47. The lowest BCUT2D eigenvalue weighted by atomic mass is 10.1. The van der Waals surface area contributed by atoms with Crippen LogP contribution in [-0.4, -0.2) is 11.5 Å². The van der Waals surface area contributed by atoms with E-state index in [0.717, 1.165) is 33.4 Å². The Morgan fingerprint density at radius 3 is 2.86 bits per heavy atom. The summed E-state index contributed by atoms with van der Waals surface area (Å²) in [6.45, 7) is 2.88. The van der Waals surface area contributed by atoms with Gasteiger partial charge in [-0.25, -0.2) is 0 Å². The highest BCUT2D eigenvalue weighted by Gasteiger charge is 2.19. The van der Waals surface area contributed by atoms with Gasteiger partial charge in [-0.1, -0.05) is 18.5 Å². The molecule has 1 unspecified atom stereocenters. The Labute approximate surface area is 136 Å². The number of furan rings is 1. The van der Waals surface area contributed by atoms with Crippen LogP contribution >= 0.6 is 27.5 Å². The molecule has 1 atom stereocenters. The lowest BCUT2D eigenvalue weighted by Gasteiger charge is -2.14. The number of rotatable bonds is 4. The van der Waals surface area contributed by atoms with Crippen LogP contribution in [0.2, 0.25) is 5.02 Å². The highest BCUT2D eigenvalue weighted by Crippen LogP contribution is 2.29. The molecule has 5 heteroatoms. The number of hydrogen-bond acceptors (Lipinski definition) is 3. The van der Waals surface area contributed by atoms with Gasteiger partial charge in [-0.3, -0.25) is 4.98 Å². The molecular formula is C16H14BrClN2O. The van der Waals surface area contributed by atoms with E-state index in [9.17, 15) is 0 Å². The molecule has 0 fully saturated rings. The van der Waals surface area contributed by atoms with Crippen molar-refractivity contribution >= 4 is 38.5 Å². The van der Waals surface area contributed by atoms with Gasteiger partial charge in [0.25, 0.3) is 0 Å². The second kappa shape index (κ2) is 6.18. The third kappa shape index (κ3) is 3.12. The molecule has 108 valence electrons. The van der Waals surface area contributed by atoms with Gasteiger partial charge in [0.15, 0.2) is 0 Å². The lowest BCUT2D eigenvalue weighted by molar-refractivity contribution is 0.471. The Balaban J connectivity index is 2.04. The van der Waals surface area contributed by atoms with Gasteiger partial charge in [-0.05, 0) is 58.9 Å². The second-order valence-electron chi connectivity index (χ2n) is 4.72. The summed E-state index contributed by atoms with van der Waals surface area (Å²) in [5.41, 5.74) is 1.75. The van der Waals surface area contributed by atoms with Crippen molar-refractivity contribution in [3.05, 3.63) is 63.5 Å². The maximum Gasteiger partial charge on any atom is 0.134 e. The van der Waals surface area contributed by atoms with E-state index < -0.39 is 0 Å². The van der Waals surface area contributed by atoms with E-state index in [-0.39, 0.29) is 6.04 Å². The third-order valence-corrected chi connectivity index (χ3v) is 3.94. The average molecular weight is 366 g/mol. The molecule has 1 N–H and O–H groups in total. The van der Waals surface area contributed by atoms with Crippen molar-refractivity contribution in [3.63, 3.8) is 0 Å². The quantitative estimate of drug-likeness (QED) is 0.711. The predicted molar refractivity (Wildman–Crippen MR) is 88.7 cm³/mol. The van der Waals surface area contributed by atoms with Gasteiger partial charge < -0.3 is 9.73 Å². The summed E-state index contributed by atoms with van der Waals surface area (Å²) in [6.07, 6.45) is 1.79. The summed E-state index contributed by atoms with van der Waals surface area (Å²) < 4.78 is 6.91. The molecule has 0 amide bonds. The second-order valence-corrected chi connectivity index (χ2v) is 6.08. The van der Waals surface area contributed by atoms with Gasteiger partial charge in [0.05, 0.1) is 5.69 Å². The van der Waals surface area contributed by atoms with Crippen molar-refractivity contribution in [3.8, 4) is 0 Å². The van der Waals surface area contributed by atoms with E-state index in [1.807, 2.05) is 36.4 Å². The molecule has 0 bridgehead atoms. The van der Waals surface area contributed by atoms with Crippen molar-refractivity contribution in [2.24, 2.45) is 0 Å². The van der Waals surface area contributed by atoms with E-state index in [0.29, 0.717) is 5.02 Å². The number of pyridine rings is 1. The summed E-state index contributed by atoms with van der Waals surface area (Å²) >= 11 is 9.43. The van der Waals surface area contributed by atoms with Crippen molar-refractivity contribution in [2.45, 2.75) is 13.0 Å². The number of halogens is 2. The fourth-order valence-electron chi connectivity index (χ4n) is 2.29. The molecule has 0 aliphatic carbocycles. The minimum Gasteiger partial charge on any atom is -0.459 e. The molecule has 0 saturated carbocycles. The Bertz CT molecular complexity index is 755. The molecular weight excluding hydrogens is 352 g/mol. The number of hydrogen-bond donors (Lipinski definition) is 1. The third-order valence-electron chi connectivity index (χ3n) is 3.24. The number of nitrogens with zero attached hydrogens (tertiary/aromatic N) is 1. The first-order valence-corrected chi connectivity index (χ1v) is 7.88. The lowest BCUT2D eigenvalue weighted by Crippen LogP contribution is -2.22. The summed E-state index contributed by atoms with van der Waals surface area (Å²) in [7, 11) is 0. The smallest absolute Gasteiger partial charge is 0.134 e. The largest absolute Gasteiger partial charge is 0.459 e. The maximum atomic E-state index is 6.03. The number of nitrogens with one attached hydrogen (secondary N) is 1. The zero-order chi connectivity index (χ0) is 14.8. The topological polar surface area (TPSA) is 38.1 Å². The molecule has 1 aromatic carbocycles. The van der Waals surface area contributed by atoms with Gasteiger partial charge in [0.2, 0.25) is 0 Å². The van der Waals surface area contributed by atoms with Crippen molar-refractivity contribution in [2.75, 3.05) is 6.54 Å². The van der Waals surface area contributed by atoms with Gasteiger partial charge >= 0.3 is 0 Å². The van der Waals surface area contributed by atoms with Crippen LogP contribution in [0, 0.1) is 0 Å². The van der Waals surface area contributed by atoms with Crippen molar-refractivity contribution in [1.29, 1.82) is 0 Å². The molecule has 3 aromatic rings. The van der Waals surface area contributed by atoms with E-state index in [1.54, 1.807) is 6.20 Å². The van der Waals surface area contributed by atoms with Crippen LogP contribution < -0.4 is 5.32 Å². The van der Waals surface area contributed by atoms with E-state index in [2.05, 4.69) is 33.2 Å². The standard InChI is InChI=1S/C16H14BrClN2O/c1-2-19-16(13-5-3-11(17)9-20-13)15-8-10-7-12(18)4-6-14(10)21-15/h3-9,16,19H,2H2,1H3. The van der Waals surface area contributed by atoms with Gasteiger partial charge in [-0.15, -0.1) is 0 Å². The van der Waals surface area contributed by atoms with E-state index in [1.165, 1.54) is 0 Å². The fraction of sp³-hybridized carbons (Fsp3) is 0.188. The minimum absolute atomic E-state index is 0.0747. The average Bonchev–Trinajstić information content (AvgIpc) is 2.88. The molecule has 3 rings (SSSR count). The van der Waals surface area contributed by atoms with Crippen molar-refractivity contribution in [1.82, 2.24) is 10.3 Å². The van der Waals surface area contributed by atoms with Gasteiger partial charge in [0.1, 0.15) is 17.4 Å². The molecule has 0 saturated heterocycles. The molecule has 0 radical (unpaired) electrons. The first kappa shape index (κ1) is 14.6. The zero-order valence-corrected chi connectivity index (χ0v) is 13.8. The van der Waals surface area contributed by atoms with Crippen molar-refractivity contribution < 1.29 is 4.42 Å². The van der Waals surface area contributed by atoms with Crippen LogP contribution in [0.25, 0.3) is 11.0 Å². The number of fused-ring (bicyclic) bond motifs is 1. The Kier molecular flexibility index (Phi) is 4.29. The highest BCUT2D eigenvalue weighted by molar-refractivity contribution is 9.10. The molecule has 2 aromatic heterocycles. The monoisotopic (exact) mass is 364 g/mol. The Morgan fingerprint density at radius 2 is 2.14 bits per heavy atom. The van der Waals surface area contributed by atoms with Crippen LogP contribution in [0.4, 0.5) is 0 Å². The van der Waals surface area contributed by atoms with Crippen LogP contribution in [0.3, 0.4) is 0 Å². The minimum atomic E-state index is -0.0747. The van der Waals surface area contributed by atoms with Crippen LogP contribution in [-0.2, 0) is 0 Å². The first-order valence-electron chi connectivity index (χ1n) is 6.71. The summed E-state index contributed by atoms with van der Waals surface area (Å²) in [6, 6.07) is 11.5. The van der Waals surface area contributed by atoms with Gasteiger partial charge in [0, 0.05) is 21.1 Å². The summed E-state index contributed by atoms with van der Waals surface area (Å²) in [5.74, 6) is 0.837. The Hall–Kier alpha value is -1.36. The molecule has 0 spiro atoms. The predicted octanol–water partition coefficient (Wildman–Crippen LogP) is 4.94. The molecule has 2 heterocycles. The van der Waals surface area contributed by atoms with Crippen LogP contribution in [0.1, 0.15) is 24.4 Å². The summed E-state index contributed by atoms with van der Waals surface area (Å²) in [5, 5.41) is 5.11. The molecule has 3 nitrogen and oxygen atoms in total. The van der Waals surface area contributed by atoms with Crippen LogP contribution in [0.15, 0.2) is 51.5 Å². The highest BCUT2D eigenvalue weighted by atomic mass is 79.9. The molecule has 0 aliphatic heterocycles. The maximum absolute atomic E-state index is 6.03. The molecule has 0 aliphatic rings. The SMILES string of the molecule is CCNC(c1ccc(Br)cn1)c1cc2cc(Cl)ccc2o1. The van der Waals surface area contributed by atoms with Crippen LogP contribution in [0.5, 0.6) is 0 Å². The van der Waals surface area contributed by atoms with E-state index >= 15 is 0 Å². The fourth-order valence-corrected chi connectivity index (χ4v) is 2.71.